The van der Waals surface area contributed by atoms with Crippen LogP contribution in [0.4, 0.5) is 17.1 Å². The molecule has 0 aliphatic rings. The number of anilines is 3. The van der Waals surface area contributed by atoms with Gasteiger partial charge in [-0.05, 0) is 100 Å². The number of rotatable bonds is 8. The molecular formula is C60H40N2O. The van der Waals surface area contributed by atoms with Gasteiger partial charge in [-0.15, -0.1) is 0 Å². The minimum atomic E-state index is 0.890. The normalized spacial score (nSPS) is 11.5. The van der Waals surface area contributed by atoms with Crippen molar-refractivity contribution in [2.45, 2.75) is 0 Å². The molecule has 12 aromatic rings. The second-order valence-electron chi connectivity index (χ2n) is 16.1. The lowest BCUT2D eigenvalue weighted by molar-refractivity contribution is 0.670. The summed E-state index contributed by atoms with van der Waals surface area (Å²) < 4.78 is 8.98. The van der Waals surface area contributed by atoms with Gasteiger partial charge in [0.05, 0.1) is 16.7 Å². The van der Waals surface area contributed by atoms with E-state index in [0.717, 1.165) is 66.9 Å². The van der Waals surface area contributed by atoms with E-state index in [2.05, 4.69) is 240 Å². The maximum atomic E-state index is 6.59. The summed E-state index contributed by atoms with van der Waals surface area (Å²) in [6.45, 7) is 0. The summed E-state index contributed by atoms with van der Waals surface area (Å²) in [6, 6.07) is 87.0. The van der Waals surface area contributed by atoms with Crippen molar-refractivity contribution in [3.8, 4) is 50.2 Å². The average molecular weight is 805 g/mol. The number of furan rings is 1. The standard InChI is InChI=1S/C60H40N2O/c1-2-15-41(16-3-1)42-31-35-47(36-32-42)61(56-27-8-6-23-52(56)54-25-14-26-55-53-24-7-11-30-59(53)63-60(54)55)48-37-33-43(34-38-48)44-17-12-18-45(39-44)46-19-13-20-49(40-46)62-57-28-9-4-21-50(57)51-22-5-10-29-58(51)62/h1-40H. The summed E-state index contributed by atoms with van der Waals surface area (Å²) >= 11 is 0. The molecule has 2 heterocycles. The summed E-state index contributed by atoms with van der Waals surface area (Å²) in [7, 11) is 0. The van der Waals surface area contributed by atoms with Crippen molar-refractivity contribution >= 4 is 60.8 Å². The Morgan fingerprint density at radius 3 is 1.51 bits per heavy atom. The number of aromatic nitrogens is 1. The molecule has 0 aliphatic heterocycles. The molecule has 0 saturated carbocycles. The highest BCUT2D eigenvalue weighted by Crippen LogP contribution is 2.45. The summed E-state index contributed by atoms with van der Waals surface area (Å²) in [5.41, 5.74) is 17.7. The number of benzene rings is 10. The van der Waals surface area contributed by atoms with Crippen LogP contribution in [0.1, 0.15) is 0 Å². The van der Waals surface area contributed by atoms with Crippen LogP contribution in [0.25, 0.3) is 93.9 Å². The molecule has 0 unspecified atom stereocenters. The Kier molecular flexibility index (Phi) is 8.83. The van der Waals surface area contributed by atoms with Gasteiger partial charge < -0.3 is 13.9 Å². The molecule has 0 N–H and O–H groups in total. The van der Waals surface area contributed by atoms with Crippen LogP contribution in [-0.2, 0) is 0 Å². The smallest absolute Gasteiger partial charge is 0.143 e. The molecule has 2 aromatic heterocycles. The molecule has 0 bridgehead atoms. The lowest BCUT2D eigenvalue weighted by Gasteiger charge is -2.28. The van der Waals surface area contributed by atoms with Crippen molar-refractivity contribution in [1.29, 1.82) is 0 Å². The van der Waals surface area contributed by atoms with E-state index < -0.39 is 0 Å². The first kappa shape index (κ1) is 36.5. The lowest BCUT2D eigenvalue weighted by Crippen LogP contribution is -2.11. The number of nitrogens with zero attached hydrogens (tertiary/aromatic N) is 2. The van der Waals surface area contributed by atoms with E-state index in [4.69, 9.17) is 4.42 Å². The van der Waals surface area contributed by atoms with Crippen molar-refractivity contribution in [3.63, 3.8) is 0 Å². The topological polar surface area (TPSA) is 21.3 Å². The Morgan fingerprint density at radius 2 is 0.794 bits per heavy atom. The van der Waals surface area contributed by atoms with Crippen molar-refractivity contribution < 1.29 is 4.42 Å². The minimum Gasteiger partial charge on any atom is -0.455 e. The maximum absolute atomic E-state index is 6.59. The molecule has 296 valence electrons. The third-order valence-electron chi connectivity index (χ3n) is 12.4. The third-order valence-corrected chi connectivity index (χ3v) is 12.4. The highest BCUT2D eigenvalue weighted by molar-refractivity contribution is 6.11. The quantitative estimate of drug-likeness (QED) is 0.153. The highest BCUT2D eigenvalue weighted by atomic mass is 16.3. The first-order valence-electron chi connectivity index (χ1n) is 21.5. The summed E-state index contributed by atoms with van der Waals surface area (Å²) in [5, 5.41) is 4.76. The van der Waals surface area contributed by atoms with Gasteiger partial charge in [0.1, 0.15) is 11.2 Å². The van der Waals surface area contributed by atoms with E-state index in [1.807, 2.05) is 12.1 Å². The van der Waals surface area contributed by atoms with E-state index in [9.17, 15) is 0 Å². The van der Waals surface area contributed by atoms with Crippen molar-refractivity contribution in [2.24, 2.45) is 0 Å². The van der Waals surface area contributed by atoms with E-state index in [1.54, 1.807) is 0 Å². The monoisotopic (exact) mass is 804 g/mol. The van der Waals surface area contributed by atoms with Crippen molar-refractivity contribution in [3.05, 3.63) is 243 Å². The van der Waals surface area contributed by atoms with E-state index >= 15 is 0 Å². The molecule has 0 fully saturated rings. The van der Waals surface area contributed by atoms with Gasteiger partial charge in [0.25, 0.3) is 0 Å². The van der Waals surface area contributed by atoms with E-state index in [0.29, 0.717) is 0 Å². The lowest BCUT2D eigenvalue weighted by atomic mass is 9.97. The van der Waals surface area contributed by atoms with Gasteiger partial charge in [-0.25, -0.2) is 0 Å². The third kappa shape index (κ3) is 6.38. The fraction of sp³-hybridized carbons (Fsp3) is 0. The largest absolute Gasteiger partial charge is 0.455 e. The number of fused-ring (bicyclic) bond motifs is 6. The van der Waals surface area contributed by atoms with Gasteiger partial charge in [-0.3, -0.25) is 0 Å². The van der Waals surface area contributed by atoms with Crippen LogP contribution in [0.2, 0.25) is 0 Å². The van der Waals surface area contributed by atoms with Crippen LogP contribution in [0.5, 0.6) is 0 Å². The predicted octanol–water partition coefficient (Wildman–Crippen LogP) is 16.8. The number of para-hydroxylation sites is 5. The zero-order chi connectivity index (χ0) is 41.7. The molecule has 0 amide bonds. The number of hydrogen-bond donors (Lipinski definition) is 0. The molecule has 0 atom stereocenters. The fourth-order valence-electron chi connectivity index (χ4n) is 9.42. The zero-order valence-electron chi connectivity index (χ0n) is 34.4. The van der Waals surface area contributed by atoms with Crippen LogP contribution < -0.4 is 4.90 Å². The van der Waals surface area contributed by atoms with Crippen molar-refractivity contribution in [2.75, 3.05) is 4.90 Å². The molecular weight excluding hydrogens is 765 g/mol. The fourth-order valence-corrected chi connectivity index (χ4v) is 9.42. The Labute approximate surface area is 366 Å². The molecule has 0 spiro atoms. The van der Waals surface area contributed by atoms with Gasteiger partial charge in [0.15, 0.2) is 0 Å². The van der Waals surface area contributed by atoms with Crippen LogP contribution in [0.3, 0.4) is 0 Å². The minimum absolute atomic E-state index is 0.890. The van der Waals surface area contributed by atoms with Gasteiger partial charge in [0.2, 0.25) is 0 Å². The van der Waals surface area contributed by atoms with Gasteiger partial charge >= 0.3 is 0 Å². The van der Waals surface area contributed by atoms with Crippen molar-refractivity contribution in [1.82, 2.24) is 4.57 Å². The Morgan fingerprint density at radius 1 is 0.317 bits per heavy atom. The molecule has 63 heavy (non-hydrogen) atoms. The molecule has 10 aromatic carbocycles. The molecule has 0 aliphatic carbocycles. The predicted molar refractivity (Wildman–Crippen MR) is 264 cm³/mol. The van der Waals surface area contributed by atoms with E-state index in [1.165, 1.54) is 44.1 Å². The van der Waals surface area contributed by atoms with Gasteiger partial charge in [-0.1, -0.05) is 176 Å². The van der Waals surface area contributed by atoms with E-state index in [-0.39, 0.29) is 0 Å². The molecule has 3 nitrogen and oxygen atoms in total. The summed E-state index contributed by atoms with van der Waals surface area (Å²) in [4.78, 5) is 2.37. The molecule has 0 radical (unpaired) electrons. The Balaban J connectivity index is 0.937. The maximum Gasteiger partial charge on any atom is 0.143 e. The van der Waals surface area contributed by atoms with Gasteiger partial charge in [0, 0.05) is 49.7 Å². The number of hydrogen-bond acceptors (Lipinski definition) is 2. The first-order chi connectivity index (χ1) is 31.2. The van der Waals surface area contributed by atoms with Crippen LogP contribution >= 0.6 is 0 Å². The summed E-state index contributed by atoms with van der Waals surface area (Å²) in [6.07, 6.45) is 0. The summed E-state index contributed by atoms with van der Waals surface area (Å²) in [5.74, 6) is 0. The average Bonchev–Trinajstić information content (AvgIpc) is 3.91. The highest BCUT2D eigenvalue weighted by Gasteiger charge is 2.21. The Hall–Kier alpha value is -8.40. The molecule has 3 heteroatoms. The van der Waals surface area contributed by atoms with Gasteiger partial charge in [-0.2, -0.15) is 0 Å². The second kappa shape index (κ2) is 15.3. The first-order valence-corrected chi connectivity index (χ1v) is 21.5. The SMILES string of the molecule is c1ccc(-c2ccc(N(c3ccc(-c4cccc(-c5cccc(-n6c7ccccc7c7ccccc76)c5)c4)cc3)c3ccccc3-c3cccc4c3oc3ccccc34)cc2)cc1. The molecule has 12 rings (SSSR count). The molecule has 0 saturated heterocycles. The van der Waals surface area contributed by atoms with Crippen LogP contribution in [-0.4, -0.2) is 4.57 Å². The van der Waals surface area contributed by atoms with Crippen LogP contribution in [0.15, 0.2) is 247 Å². The second-order valence-corrected chi connectivity index (χ2v) is 16.1. The zero-order valence-corrected chi connectivity index (χ0v) is 34.4. The Bertz CT molecular complexity index is 3560. The van der Waals surface area contributed by atoms with Crippen LogP contribution in [0, 0.1) is 0 Å².